The lowest BCUT2D eigenvalue weighted by Crippen LogP contribution is -2.42. The fourth-order valence-corrected chi connectivity index (χ4v) is 3.95. The number of hydrogen-bond donors (Lipinski definition) is 0. The SMILES string of the molecule is CC(=O)Oc1cccc([C@]23CCCC[C@H]2CN(C)CCO3)c1. The first-order chi connectivity index (χ1) is 10.6. The zero-order chi connectivity index (χ0) is 15.6. The van der Waals surface area contributed by atoms with E-state index in [9.17, 15) is 4.79 Å². The smallest absolute Gasteiger partial charge is 0.308 e. The van der Waals surface area contributed by atoms with Gasteiger partial charge in [0.2, 0.25) is 0 Å². The number of likely N-dealkylation sites (N-methyl/N-ethyl adjacent to an activating group) is 1. The van der Waals surface area contributed by atoms with Crippen LogP contribution in [0.5, 0.6) is 5.75 Å². The summed E-state index contributed by atoms with van der Waals surface area (Å²) in [6.45, 7) is 4.23. The Bertz CT molecular complexity index is 545. The molecule has 3 rings (SSSR count). The molecule has 120 valence electrons. The second-order valence-corrected chi connectivity index (χ2v) is 6.56. The summed E-state index contributed by atoms with van der Waals surface area (Å²) < 4.78 is 11.7. The first-order valence-electron chi connectivity index (χ1n) is 8.21. The van der Waals surface area contributed by atoms with Crippen molar-refractivity contribution in [3.63, 3.8) is 0 Å². The summed E-state index contributed by atoms with van der Waals surface area (Å²) in [5, 5.41) is 0. The van der Waals surface area contributed by atoms with E-state index < -0.39 is 0 Å². The van der Waals surface area contributed by atoms with Gasteiger partial charge in [-0.2, -0.15) is 0 Å². The molecule has 1 saturated heterocycles. The molecule has 0 spiro atoms. The van der Waals surface area contributed by atoms with Crippen LogP contribution in [0.1, 0.15) is 38.2 Å². The van der Waals surface area contributed by atoms with Crippen molar-refractivity contribution in [1.82, 2.24) is 4.90 Å². The first kappa shape index (κ1) is 15.5. The fraction of sp³-hybridized carbons (Fsp3) is 0.611. The lowest BCUT2D eigenvalue weighted by Gasteiger charge is -2.43. The lowest BCUT2D eigenvalue weighted by atomic mass is 9.71. The fourth-order valence-electron chi connectivity index (χ4n) is 3.95. The molecule has 4 heteroatoms. The molecule has 0 aromatic heterocycles. The van der Waals surface area contributed by atoms with Gasteiger partial charge in [-0.3, -0.25) is 4.79 Å². The second kappa shape index (κ2) is 6.39. The van der Waals surface area contributed by atoms with E-state index in [1.165, 1.54) is 26.2 Å². The van der Waals surface area contributed by atoms with Gasteiger partial charge < -0.3 is 14.4 Å². The van der Waals surface area contributed by atoms with Crippen molar-refractivity contribution in [2.24, 2.45) is 5.92 Å². The molecular weight excluding hydrogens is 278 g/mol. The zero-order valence-electron chi connectivity index (χ0n) is 13.5. The molecule has 1 aliphatic carbocycles. The minimum atomic E-state index is -0.281. The maximum Gasteiger partial charge on any atom is 0.308 e. The van der Waals surface area contributed by atoms with E-state index in [2.05, 4.69) is 18.0 Å². The average molecular weight is 303 g/mol. The Kier molecular flexibility index (Phi) is 4.50. The van der Waals surface area contributed by atoms with Crippen LogP contribution in [0.4, 0.5) is 0 Å². The Morgan fingerprint density at radius 2 is 2.27 bits per heavy atom. The van der Waals surface area contributed by atoms with Gasteiger partial charge >= 0.3 is 5.97 Å². The maximum atomic E-state index is 11.2. The van der Waals surface area contributed by atoms with Crippen LogP contribution in [-0.4, -0.2) is 37.6 Å². The van der Waals surface area contributed by atoms with Crippen molar-refractivity contribution < 1.29 is 14.3 Å². The van der Waals surface area contributed by atoms with Crippen molar-refractivity contribution in [2.45, 2.75) is 38.2 Å². The molecule has 0 radical (unpaired) electrons. The minimum Gasteiger partial charge on any atom is -0.427 e. The normalized spacial score (nSPS) is 29.5. The summed E-state index contributed by atoms with van der Waals surface area (Å²) >= 11 is 0. The van der Waals surface area contributed by atoms with Gasteiger partial charge in [-0.05, 0) is 37.6 Å². The van der Waals surface area contributed by atoms with Gasteiger partial charge in [-0.25, -0.2) is 0 Å². The predicted molar refractivity (Wildman–Crippen MR) is 84.8 cm³/mol. The third-order valence-electron chi connectivity index (χ3n) is 4.96. The van der Waals surface area contributed by atoms with Gasteiger partial charge in [0.05, 0.1) is 12.2 Å². The Hall–Kier alpha value is -1.39. The summed E-state index contributed by atoms with van der Waals surface area (Å²) in [4.78, 5) is 13.6. The molecule has 2 atom stereocenters. The molecule has 0 unspecified atom stereocenters. The van der Waals surface area contributed by atoms with Gasteiger partial charge in [0.15, 0.2) is 0 Å². The highest BCUT2D eigenvalue weighted by molar-refractivity contribution is 5.69. The highest BCUT2D eigenvalue weighted by Crippen LogP contribution is 2.46. The predicted octanol–water partition coefficient (Wildman–Crippen LogP) is 2.96. The van der Waals surface area contributed by atoms with Crippen LogP contribution in [0.2, 0.25) is 0 Å². The van der Waals surface area contributed by atoms with Crippen molar-refractivity contribution in [2.75, 3.05) is 26.7 Å². The number of esters is 1. The summed E-state index contributed by atoms with van der Waals surface area (Å²) in [6.07, 6.45) is 4.71. The van der Waals surface area contributed by atoms with Gasteiger partial charge in [0.25, 0.3) is 0 Å². The molecule has 1 aromatic rings. The molecule has 1 saturated carbocycles. The number of rotatable bonds is 2. The molecule has 1 aromatic carbocycles. The molecule has 0 bridgehead atoms. The maximum absolute atomic E-state index is 11.2. The van der Waals surface area contributed by atoms with Crippen molar-refractivity contribution in [1.29, 1.82) is 0 Å². The number of carbonyl (C=O) groups is 1. The van der Waals surface area contributed by atoms with E-state index in [0.717, 1.165) is 31.7 Å². The molecule has 1 heterocycles. The molecule has 2 aliphatic rings. The number of carbonyl (C=O) groups excluding carboxylic acids is 1. The van der Waals surface area contributed by atoms with Crippen LogP contribution < -0.4 is 4.74 Å². The topological polar surface area (TPSA) is 38.8 Å². The van der Waals surface area contributed by atoms with Gasteiger partial charge in [0, 0.05) is 25.9 Å². The Balaban J connectivity index is 1.96. The van der Waals surface area contributed by atoms with E-state index in [-0.39, 0.29) is 11.6 Å². The zero-order valence-corrected chi connectivity index (χ0v) is 13.5. The standard InChI is InChI=1S/C18H25NO3/c1-14(20)22-17-8-5-7-15(12-17)18-9-4-3-6-16(18)13-19(2)10-11-21-18/h5,7-8,12,16H,3-4,6,9-11,13H2,1-2H3/t16-,18+/m0/s1. The van der Waals surface area contributed by atoms with E-state index in [1.807, 2.05) is 18.2 Å². The quantitative estimate of drug-likeness (QED) is 0.622. The molecule has 22 heavy (non-hydrogen) atoms. The molecule has 0 amide bonds. The van der Waals surface area contributed by atoms with Crippen molar-refractivity contribution in [3.8, 4) is 5.75 Å². The third kappa shape index (κ3) is 3.03. The Morgan fingerprint density at radius 1 is 1.41 bits per heavy atom. The van der Waals surface area contributed by atoms with Crippen LogP contribution in [0, 0.1) is 5.92 Å². The number of nitrogens with zero attached hydrogens (tertiary/aromatic N) is 1. The number of ether oxygens (including phenoxy) is 2. The molecule has 1 aliphatic heterocycles. The van der Waals surface area contributed by atoms with Gasteiger partial charge in [-0.1, -0.05) is 25.0 Å². The number of fused-ring (bicyclic) bond motifs is 1. The monoisotopic (exact) mass is 303 g/mol. The minimum absolute atomic E-state index is 0.223. The molecule has 4 nitrogen and oxygen atoms in total. The molecule has 2 fully saturated rings. The van der Waals surface area contributed by atoms with Crippen molar-refractivity contribution in [3.05, 3.63) is 29.8 Å². The van der Waals surface area contributed by atoms with Gasteiger partial charge in [0.1, 0.15) is 5.75 Å². The van der Waals surface area contributed by atoms with Crippen molar-refractivity contribution >= 4 is 5.97 Å². The van der Waals surface area contributed by atoms with E-state index in [0.29, 0.717) is 11.7 Å². The van der Waals surface area contributed by atoms with E-state index >= 15 is 0 Å². The Morgan fingerprint density at radius 3 is 3.09 bits per heavy atom. The largest absolute Gasteiger partial charge is 0.427 e. The highest BCUT2D eigenvalue weighted by Gasteiger charge is 2.45. The summed E-state index contributed by atoms with van der Waals surface area (Å²) in [5.74, 6) is 0.836. The first-order valence-corrected chi connectivity index (χ1v) is 8.21. The highest BCUT2D eigenvalue weighted by atomic mass is 16.5. The van der Waals surface area contributed by atoms with Crippen LogP contribution in [0.25, 0.3) is 0 Å². The lowest BCUT2D eigenvalue weighted by molar-refractivity contribution is -0.132. The number of hydrogen-bond acceptors (Lipinski definition) is 4. The number of benzene rings is 1. The molecule has 0 N–H and O–H groups in total. The summed E-state index contributed by atoms with van der Waals surface area (Å²) in [6, 6.07) is 7.91. The average Bonchev–Trinajstić information content (AvgIpc) is 2.65. The molecular formula is C18H25NO3. The second-order valence-electron chi connectivity index (χ2n) is 6.56. The summed E-state index contributed by atoms with van der Waals surface area (Å²) in [7, 11) is 2.17. The van der Waals surface area contributed by atoms with Crippen LogP contribution in [0.15, 0.2) is 24.3 Å². The van der Waals surface area contributed by atoms with Crippen LogP contribution >= 0.6 is 0 Å². The van der Waals surface area contributed by atoms with E-state index in [4.69, 9.17) is 9.47 Å². The van der Waals surface area contributed by atoms with Gasteiger partial charge in [-0.15, -0.1) is 0 Å². The van der Waals surface area contributed by atoms with Crippen LogP contribution in [0.3, 0.4) is 0 Å². The van der Waals surface area contributed by atoms with Crippen LogP contribution in [-0.2, 0) is 15.1 Å². The van der Waals surface area contributed by atoms with E-state index in [1.54, 1.807) is 0 Å². The third-order valence-corrected chi connectivity index (χ3v) is 4.96. The summed E-state index contributed by atoms with van der Waals surface area (Å²) in [5.41, 5.74) is 0.936. The Labute approximate surface area is 132 Å².